The number of ether oxygens (including phenoxy) is 5. The number of alkyl carbamates (subject to hydrolysis) is 2. The maximum atomic E-state index is 14.4. The molecule has 149 heavy (non-hydrogen) atoms. The summed E-state index contributed by atoms with van der Waals surface area (Å²) < 4.78 is 353. The summed E-state index contributed by atoms with van der Waals surface area (Å²) in [6.45, 7) is 14.9. The van der Waals surface area contributed by atoms with Gasteiger partial charge in [0.1, 0.15) is 34.5 Å². The summed E-state index contributed by atoms with van der Waals surface area (Å²) in [4.78, 5) is 143. The summed E-state index contributed by atoms with van der Waals surface area (Å²) in [5, 5.41) is 14.1. The molecule has 0 bridgehead atoms. The summed E-state index contributed by atoms with van der Waals surface area (Å²) in [5.74, 6) is -27.8. The van der Waals surface area contributed by atoms with Gasteiger partial charge in [-0.15, -0.1) is 24.8 Å². The number of nitrogens with two attached hydrogens (primary N) is 2. The van der Waals surface area contributed by atoms with E-state index in [1.54, 1.807) is 41.5 Å². The molecule has 0 spiro atoms. The largest absolute Gasteiger partial charge is 0.476 e. The lowest BCUT2D eigenvalue weighted by Gasteiger charge is -2.31. The predicted octanol–water partition coefficient (Wildman–Crippen LogP) is 15.9. The SMILES string of the molecule is CC(C)(C)OC(=O)N[C@@H](CC(=O)N1CCn2c(C(F)(F)F)nc(C(=O)O)c2C1)Cc1cc(F)c(F)cc1F.CC(C)OC(=O)c1nc(C(F)(F)F)n2c1CN(C(=O)C[C@@H](Cc1cc(F)c(F)cc1F)NC(=O)OC(C)(C)C)CC2.CC(C)OC(=O)c1nc(C(F)(F)F)n2c1CN(C(=O)C[C@H](N)Cc1cc(F)c(F)cc1F)CC2.CC(C)OC(=O)c1nc(C(F)(F)F)n2c1CN(C(=O)C[C@H](N)Cc1cc(F)c(F)cc1F)CC2.Cl.Cl. The number of aromatic carboxylic acids is 1. The number of rotatable bonds is 25. The molecule has 7 N–H and O–H groups in total. The van der Waals surface area contributed by atoms with E-state index in [0.29, 0.717) is 53.1 Å². The molecule has 0 radical (unpaired) electrons. The third-order valence-corrected chi connectivity index (χ3v) is 21.7. The lowest BCUT2D eigenvalue weighted by molar-refractivity contribution is -0.149. The molecule has 4 aliphatic heterocycles. The molecule has 0 fully saturated rings. The lowest BCUT2D eigenvalue weighted by atomic mass is 10.0. The van der Waals surface area contributed by atoms with Crippen molar-refractivity contribution in [3.63, 3.8) is 0 Å². The highest BCUT2D eigenvalue weighted by Crippen LogP contribution is 2.39. The number of carbonyl (C=O) groups is 10. The third-order valence-electron chi connectivity index (χ3n) is 21.7. The van der Waals surface area contributed by atoms with Crippen LogP contribution in [0.1, 0.15) is 219 Å². The second kappa shape index (κ2) is 49.5. The van der Waals surface area contributed by atoms with Crippen molar-refractivity contribution in [2.75, 3.05) is 26.2 Å². The number of alkyl halides is 12. The second-order valence-electron chi connectivity index (χ2n) is 36.7. The van der Waals surface area contributed by atoms with Crippen LogP contribution in [-0.2, 0) is 146 Å². The predicted molar refractivity (Wildman–Crippen MR) is 475 cm³/mol. The van der Waals surface area contributed by atoms with Gasteiger partial charge in [-0.2, -0.15) is 52.7 Å². The summed E-state index contributed by atoms with van der Waals surface area (Å²) in [5.41, 5.74) is 5.48. The van der Waals surface area contributed by atoms with Gasteiger partial charge in [0.15, 0.2) is 69.3 Å². The Morgan fingerprint density at radius 1 is 0.329 bits per heavy atom. The Bertz CT molecular complexity index is 6080. The number of nitrogens with zero attached hydrogens (tertiary/aromatic N) is 12. The van der Waals surface area contributed by atoms with E-state index in [1.165, 1.54) is 51.3 Å². The van der Waals surface area contributed by atoms with Crippen molar-refractivity contribution >= 4 is 84.5 Å². The molecular weight excluding hydrogens is 2100 g/mol. The molecule has 12 rings (SSSR count). The molecule has 6 amide bonds. The number of carboxylic acids is 1. The minimum absolute atomic E-state index is 0. The fourth-order valence-corrected chi connectivity index (χ4v) is 15.5. The fourth-order valence-electron chi connectivity index (χ4n) is 15.5. The number of hydrogen-bond donors (Lipinski definition) is 5. The number of halogens is 26. The zero-order valence-electron chi connectivity index (χ0n) is 80.8. The first-order chi connectivity index (χ1) is 67.9. The van der Waals surface area contributed by atoms with Crippen LogP contribution < -0.4 is 22.1 Å². The van der Waals surface area contributed by atoms with Gasteiger partial charge in [0.2, 0.25) is 46.9 Å². The van der Waals surface area contributed by atoms with E-state index in [-0.39, 0.29) is 154 Å². The Morgan fingerprint density at radius 3 is 0.752 bits per heavy atom. The highest BCUT2D eigenvalue weighted by Gasteiger charge is 2.48. The van der Waals surface area contributed by atoms with Crippen molar-refractivity contribution in [1.82, 2.24) is 68.4 Å². The number of amides is 6. The molecule has 58 heteroatoms. The first kappa shape index (κ1) is 123. The number of imidazole rings is 4. The van der Waals surface area contributed by atoms with E-state index in [4.69, 9.17) is 35.2 Å². The van der Waals surface area contributed by atoms with Gasteiger partial charge in [0, 0.05) is 126 Å². The average Bonchev–Trinajstić information content (AvgIpc) is 1.62. The monoisotopic (exact) mass is 2200 g/mol. The van der Waals surface area contributed by atoms with E-state index >= 15 is 0 Å². The summed E-state index contributed by atoms with van der Waals surface area (Å²) in [7, 11) is 0. The fraction of sp³-hybridized carbons (Fsp3) is 0.495. The van der Waals surface area contributed by atoms with E-state index in [9.17, 15) is 158 Å². The van der Waals surface area contributed by atoms with Crippen molar-refractivity contribution in [3.05, 3.63) is 209 Å². The number of nitrogens with one attached hydrogen (secondary N) is 2. The number of esters is 3. The lowest BCUT2D eigenvalue weighted by Crippen LogP contribution is -2.45. The quantitative estimate of drug-likeness (QED) is 0.0153. The van der Waals surface area contributed by atoms with Gasteiger partial charge in [-0.3, -0.25) is 19.2 Å². The minimum Gasteiger partial charge on any atom is -0.476 e. The number of aromatic nitrogens is 8. The molecule has 0 aliphatic carbocycles. The number of fused-ring (bicyclic) bond motifs is 4. The summed E-state index contributed by atoms with van der Waals surface area (Å²) in [6.07, 6.45) is -26.4. The molecule has 8 aromatic rings. The highest BCUT2D eigenvalue weighted by atomic mass is 35.5. The van der Waals surface area contributed by atoms with Crippen LogP contribution in [0.25, 0.3) is 0 Å². The zero-order valence-corrected chi connectivity index (χ0v) is 82.4. The Labute approximate surface area is 844 Å². The van der Waals surface area contributed by atoms with Crippen molar-refractivity contribution in [2.24, 2.45) is 11.5 Å². The topological polar surface area (TPSA) is 397 Å². The van der Waals surface area contributed by atoms with Gasteiger partial charge in [0.05, 0.1) is 67.3 Å². The molecule has 0 unspecified atom stereocenters. The summed E-state index contributed by atoms with van der Waals surface area (Å²) in [6, 6.07) is -0.452. The van der Waals surface area contributed by atoms with Crippen LogP contribution in [0, 0.1) is 69.8 Å². The Morgan fingerprint density at radius 2 is 0.537 bits per heavy atom. The maximum Gasteiger partial charge on any atom is 0.449 e. The number of benzene rings is 4. The van der Waals surface area contributed by atoms with Crippen molar-refractivity contribution < 1.29 is 182 Å². The van der Waals surface area contributed by atoms with Crippen molar-refractivity contribution in [3.8, 4) is 0 Å². The molecule has 822 valence electrons. The Kier molecular flexibility index (Phi) is 40.8. The van der Waals surface area contributed by atoms with Crippen molar-refractivity contribution in [1.29, 1.82) is 0 Å². The van der Waals surface area contributed by atoms with E-state index in [0.717, 1.165) is 23.5 Å². The van der Waals surface area contributed by atoms with Gasteiger partial charge in [0.25, 0.3) is 0 Å². The number of carbonyl (C=O) groups excluding carboxylic acids is 9. The van der Waals surface area contributed by atoms with E-state index in [1.807, 2.05) is 0 Å². The van der Waals surface area contributed by atoms with Gasteiger partial charge in [-0.25, -0.2) is 101 Å². The second-order valence-corrected chi connectivity index (χ2v) is 36.7. The van der Waals surface area contributed by atoms with E-state index < -0.39 is 299 Å². The number of hydrogen-bond acceptors (Lipinski definition) is 21. The highest BCUT2D eigenvalue weighted by molar-refractivity contribution is 5.91. The van der Waals surface area contributed by atoms with Gasteiger partial charge >= 0.3 is 60.8 Å². The first-order valence-corrected chi connectivity index (χ1v) is 44.5. The van der Waals surface area contributed by atoms with Crippen molar-refractivity contribution in [2.45, 2.75) is 265 Å². The van der Waals surface area contributed by atoms with Gasteiger partial charge in [-0.1, -0.05) is 0 Å². The molecule has 4 aromatic heterocycles. The molecule has 8 heterocycles. The minimum atomic E-state index is -4.93. The van der Waals surface area contributed by atoms with E-state index in [2.05, 4.69) is 30.6 Å². The molecule has 32 nitrogen and oxygen atoms in total. The molecule has 4 aromatic carbocycles. The molecule has 4 aliphatic rings. The van der Waals surface area contributed by atoms with Crippen LogP contribution in [0.5, 0.6) is 0 Å². The smallest absolute Gasteiger partial charge is 0.449 e. The van der Waals surface area contributed by atoms with Gasteiger partial charge in [-0.05, 0) is 155 Å². The first-order valence-electron chi connectivity index (χ1n) is 44.5. The molecule has 0 saturated carbocycles. The Hall–Kier alpha value is -13.2. The molecule has 4 atom stereocenters. The maximum absolute atomic E-state index is 14.4. The van der Waals surface area contributed by atoms with Crippen LogP contribution in [0.15, 0.2) is 48.5 Å². The number of carboxylic acid groups (broad SMARTS) is 1. The van der Waals surface area contributed by atoms with Crippen LogP contribution in [0.3, 0.4) is 0 Å². The van der Waals surface area contributed by atoms with Crippen LogP contribution in [-0.4, -0.2) is 202 Å². The van der Waals surface area contributed by atoms with Crippen LogP contribution >= 0.6 is 24.8 Å². The van der Waals surface area contributed by atoms with Crippen LogP contribution in [0.4, 0.5) is 115 Å². The zero-order chi connectivity index (χ0) is 110. The summed E-state index contributed by atoms with van der Waals surface area (Å²) >= 11 is 0. The van der Waals surface area contributed by atoms with Crippen LogP contribution in [0.2, 0.25) is 0 Å². The third kappa shape index (κ3) is 32.9. The molecular formula is C91H100Cl2F24N16O16. The molecule has 0 saturated heterocycles. The Balaban J connectivity index is 0.000000268. The normalized spacial score (nSPS) is 14.5. The van der Waals surface area contributed by atoms with Gasteiger partial charge < -0.3 is 88.8 Å². The average molecular weight is 2200 g/mol. The standard InChI is InChI=1S/C26H30F6N4O5.C23H24F6N4O5.2C21H22F6N4O3.2ClH/c1-13(2)40-22(38)21-19-12-35(6-7-36(19)23(34-21)26(30,31)32)20(37)10-15(33-24(39)41-25(3,4)5)8-14-9-17(28)18(29)11-16(14)27;1-22(2,3)38-21(37)30-12(6-11-7-14(25)15(26)9-13(11)24)8-17(34)32-4-5-33-16(10-32)18(19(35)36)31-20(33)23(27,28)29;2*1-10(2)34-19(33)18-16-9-30(3-4-31(16)20(29-18)21(25,26)27)17(32)7-12(28)5-11-6-14(23)15(24)8-13(11)22;;/h9,11,13,15H,6-8,10,12H2,1-5H3,(H,33,39);7,9,12H,4-6,8,10H2,1-3H3,(H,30,37)(H,35,36);2*6,8,10,12H,3-5,7,9,28H2,1-2H3;2*1H/t15-;3*12-;;/m1111../s1.